The minimum absolute atomic E-state index is 0.282. The van der Waals surface area contributed by atoms with E-state index < -0.39 is 0 Å². The number of nitrogens with one attached hydrogen (secondary N) is 1. The normalized spacial score (nSPS) is 29.5. The van der Waals surface area contributed by atoms with Crippen LogP contribution in [0.1, 0.15) is 19.8 Å². The highest BCUT2D eigenvalue weighted by atomic mass is 16.5. The molecule has 2 N–H and O–H groups in total. The number of aliphatic hydroxyl groups is 1. The van der Waals surface area contributed by atoms with Gasteiger partial charge in [0.2, 0.25) is 0 Å². The lowest BCUT2D eigenvalue weighted by Crippen LogP contribution is -2.24. The summed E-state index contributed by atoms with van der Waals surface area (Å²) in [5.41, 5.74) is 0. The molecule has 0 aliphatic carbocycles. The number of hydrogen-bond donors (Lipinski definition) is 2. The summed E-state index contributed by atoms with van der Waals surface area (Å²) in [7, 11) is 0. The van der Waals surface area contributed by atoms with Gasteiger partial charge in [-0.15, -0.1) is 0 Å². The van der Waals surface area contributed by atoms with E-state index in [9.17, 15) is 0 Å². The quantitative estimate of drug-likeness (QED) is 0.591. The van der Waals surface area contributed by atoms with E-state index in [0.29, 0.717) is 12.0 Å². The highest BCUT2D eigenvalue weighted by Gasteiger charge is 2.20. The lowest BCUT2D eigenvalue weighted by Gasteiger charge is -2.08. The van der Waals surface area contributed by atoms with Crippen LogP contribution in [0.3, 0.4) is 0 Å². The molecule has 0 bridgehead atoms. The lowest BCUT2D eigenvalue weighted by atomic mass is 10.1. The molecular formula is C9H19NO2. The molecule has 1 saturated heterocycles. The Balaban J connectivity index is 1.93. The van der Waals surface area contributed by atoms with Crippen LogP contribution >= 0.6 is 0 Å². The predicted octanol–water partition coefficient (Wildman–Crippen LogP) is 0.383. The first-order chi connectivity index (χ1) is 5.83. The van der Waals surface area contributed by atoms with Gasteiger partial charge in [0.1, 0.15) is 0 Å². The van der Waals surface area contributed by atoms with E-state index in [1.807, 2.05) is 0 Å². The highest BCUT2D eigenvalue weighted by molar-refractivity contribution is 4.71. The summed E-state index contributed by atoms with van der Waals surface area (Å²) in [6.07, 6.45) is 2.46. The molecule has 0 radical (unpaired) electrons. The van der Waals surface area contributed by atoms with Gasteiger partial charge in [-0.1, -0.05) is 0 Å². The van der Waals surface area contributed by atoms with Crippen LogP contribution in [0.25, 0.3) is 0 Å². The molecule has 1 rings (SSSR count). The summed E-state index contributed by atoms with van der Waals surface area (Å²) < 4.78 is 5.43. The fraction of sp³-hybridized carbons (Fsp3) is 1.00. The standard InChI is InChI=1S/C9H19NO2/c1-8-5-9(7-12-8)6-10-3-2-4-11/h8-11H,2-7H2,1H3. The summed E-state index contributed by atoms with van der Waals surface area (Å²) in [6, 6.07) is 0. The monoisotopic (exact) mass is 173 g/mol. The first-order valence-corrected chi connectivity index (χ1v) is 4.76. The summed E-state index contributed by atoms with van der Waals surface area (Å²) >= 11 is 0. The third-order valence-electron chi connectivity index (χ3n) is 2.23. The summed E-state index contributed by atoms with van der Waals surface area (Å²) in [5, 5.41) is 11.8. The van der Waals surface area contributed by atoms with Gasteiger partial charge in [0.15, 0.2) is 0 Å². The van der Waals surface area contributed by atoms with Crippen molar-refractivity contribution in [1.82, 2.24) is 5.32 Å². The maximum Gasteiger partial charge on any atom is 0.0551 e. The van der Waals surface area contributed by atoms with Crippen molar-refractivity contribution < 1.29 is 9.84 Å². The third-order valence-corrected chi connectivity index (χ3v) is 2.23. The maximum absolute atomic E-state index is 8.54. The Bertz CT molecular complexity index is 119. The van der Waals surface area contributed by atoms with E-state index in [1.165, 1.54) is 6.42 Å². The third kappa shape index (κ3) is 3.52. The average molecular weight is 173 g/mol. The van der Waals surface area contributed by atoms with Gasteiger partial charge in [-0.25, -0.2) is 0 Å². The fourth-order valence-electron chi connectivity index (χ4n) is 1.56. The van der Waals surface area contributed by atoms with E-state index in [2.05, 4.69) is 12.2 Å². The lowest BCUT2D eigenvalue weighted by molar-refractivity contribution is 0.120. The van der Waals surface area contributed by atoms with Crippen molar-refractivity contribution >= 4 is 0 Å². The molecule has 0 amide bonds. The molecule has 72 valence electrons. The Morgan fingerprint density at radius 1 is 1.58 bits per heavy atom. The van der Waals surface area contributed by atoms with Crippen LogP contribution in [0.5, 0.6) is 0 Å². The Morgan fingerprint density at radius 3 is 3.00 bits per heavy atom. The van der Waals surface area contributed by atoms with Crippen LogP contribution < -0.4 is 5.32 Å². The predicted molar refractivity (Wildman–Crippen MR) is 48.1 cm³/mol. The molecule has 3 heteroatoms. The molecule has 2 unspecified atom stereocenters. The molecule has 0 spiro atoms. The SMILES string of the molecule is CC1CC(CNCCCO)CO1. The molecule has 1 heterocycles. The van der Waals surface area contributed by atoms with Gasteiger partial charge in [0.05, 0.1) is 12.7 Å². The van der Waals surface area contributed by atoms with Gasteiger partial charge >= 0.3 is 0 Å². The average Bonchev–Trinajstić information content (AvgIpc) is 2.45. The molecule has 0 saturated carbocycles. The molecule has 12 heavy (non-hydrogen) atoms. The van der Waals surface area contributed by atoms with Crippen LogP contribution in [0, 0.1) is 5.92 Å². The highest BCUT2D eigenvalue weighted by Crippen LogP contribution is 2.17. The Morgan fingerprint density at radius 2 is 2.42 bits per heavy atom. The molecular weight excluding hydrogens is 154 g/mol. The molecule has 3 nitrogen and oxygen atoms in total. The Labute approximate surface area is 74.1 Å². The number of hydrogen-bond acceptors (Lipinski definition) is 3. The molecule has 1 aliphatic heterocycles. The van der Waals surface area contributed by atoms with E-state index in [4.69, 9.17) is 9.84 Å². The van der Waals surface area contributed by atoms with E-state index in [1.54, 1.807) is 0 Å². The van der Waals surface area contributed by atoms with E-state index >= 15 is 0 Å². The number of rotatable bonds is 5. The van der Waals surface area contributed by atoms with Crippen molar-refractivity contribution in [3.05, 3.63) is 0 Å². The summed E-state index contributed by atoms with van der Waals surface area (Å²) in [5.74, 6) is 0.679. The van der Waals surface area contributed by atoms with Gasteiger partial charge < -0.3 is 15.2 Å². The number of ether oxygens (including phenoxy) is 1. The molecule has 0 aromatic carbocycles. The van der Waals surface area contributed by atoms with Crippen molar-refractivity contribution in [2.45, 2.75) is 25.9 Å². The fourth-order valence-corrected chi connectivity index (χ4v) is 1.56. The van der Waals surface area contributed by atoms with Gasteiger partial charge in [0.25, 0.3) is 0 Å². The largest absolute Gasteiger partial charge is 0.396 e. The maximum atomic E-state index is 8.54. The second kappa shape index (κ2) is 5.51. The van der Waals surface area contributed by atoms with E-state index in [-0.39, 0.29) is 6.61 Å². The first-order valence-electron chi connectivity index (χ1n) is 4.76. The minimum Gasteiger partial charge on any atom is -0.396 e. The molecule has 2 atom stereocenters. The van der Waals surface area contributed by atoms with Crippen molar-refractivity contribution in [1.29, 1.82) is 0 Å². The smallest absolute Gasteiger partial charge is 0.0551 e. The zero-order chi connectivity index (χ0) is 8.81. The van der Waals surface area contributed by atoms with Crippen molar-refractivity contribution in [3.8, 4) is 0 Å². The Kier molecular flexibility index (Phi) is 4.58. The van der Waals surface area contributed by atoms with Gasteiger partial charge in [-0.05, 0) is 32.2 Å². The van der Waals surface area contributed by atoms with Crippen molar-refractivity contribution in [2.24, 2.45) is 5.92 Å². The van der Waals surface area contributed by atoms with Crippen LogP contribution in [-0.2, 0) is 4.74 Å². The summed E-state index contributed by atoms with van der Waals surface area (Å²) in [6.45, 7) is 5.25. The van der Waals surface area contributed by atoms with Crippen LogP contribution in [0.15, 0.2) is 0 Å². The van der Waals surface area contributed by atoms with Crippen LogP contribution in [-0.4, -0.2) is 37.5 Å². The van der Waals surface area contributed by atoms with Crippen molar-refractivity contribution in [2.75, 3.05) is 26.3 Å². The van der Waals surface area contributed by atoms with Gasteiger partial charge in [0, 0.05) is 13.2 Å². The zero-order valence-corrected chi connectivity index (χ0v) is 7.75. The van der Waals surface area contributed by atoms with Gasteiger partial charge in [-0.2, -0.15) is 0 Å². The van der Waals surface area contributed by atoms with E-state index in [0.717, 1.165) is 26.1 Å². The second-order valence-corrected chi connectivity index (χ2v) is 3.53. The number of aliphatic hydroxyl groups excluding tert-OH is 1. The summed E-state index contributed by atoms with van der Waals surface area (Å²) in [4.78, 5) is 0. The topological polar surface area (TPSA) is 41.5 Å². The molecule has 1 fully saturated rings. The second-order valence-electron chi connectivity index (χ2n) is 3.53. The molecule has 0 aromatic heterocycles. The first kappa shape index (κ1) is 9.96. The van der Waals surface area contributed by atoms with Crippen molar-refractivity contribution in [3.63, 3.8) is 0 Å². The van der Waals surface area contributed by atoms with Crippen LogP contribution in [0.4, 0.5) is 0 Å². The Hall–Kier alpha value is -0.120. The zero-order valence-electron chi connectivity index (χ0n) is 7.75. The minimum atomic E-state index is 0.282. The van der Waals surface area contributed by atoms with Gasteiger partial charge in [-0.3, -0.25) is 0 Å². The van der Waals surface area contributed by atoms with Crippen LogP contribution in [0.2, 0.25) is 0 Å². The molecule has 0 aromatic rings. The molecule has 1 aliphatic rings.